The van der Waals surface area contributed by atoms with Gasteiger partial charge in [0.2, 0.25) is 0 Å². The smallest absolute Gasteiger partial charge is 0.129 e. The van der Waals surface area contributed by atoms with Gasteiger partial charge in [0.05, 0.1) is 22.4 Å². The van der Waals surface area contributed by atoms with Gasteiger partial charge in [0.25, 0.3) is 0 Å². The number of halogens is 1. The first kappa shape index (κ1) is 14.0. The van der Waals surface area contributed by atoms with Gasteiger partial charge in [-0.2, -0.15) is 8.75 Å². The molecule has 1 aliphatic rings. The maximum Gasteiger partial charge on any atom is 0.129 e. The number of nitrogens with one attached hydrogen (secondary N) is 1. The van der Waals surface area contributed by atoms with Crippen LogP contribution in [-0.4, -0.2) is 34.4 Å². The highest BCUT2D eigenvalue weighted by Crippen LogP contribution is 2.34. The van der Waals surface area contributed by atoms with Crippen molar-refractivity contribution < 1.29 is 0 Å². The maximum atomic E-state index is 6.45. The van der Waals surface area contributed by atoms with Crippen molar-refractivity contribution in [1.29, 1.82) is 0 Å². The summed E-state index contributed by atoms with van der Waals surface area (Å²) in [6, 6.07) is 4.42. The molecule has 1 N–H and O–H groups in total. The molecule has 0 aliphatic carbocycles. The van der Waals surface area contributed by atoms with Gasteiger partial charge < -0.3 is 10.2 Å². The number of anilines is 1. The molecule has 0 spiro atoms. The standard InChI is InChI=1S/C14H19ClN4S/c1-2-4-10-9-19(8-3-7-16-10)14-11(15)5-6-12-13(14)18-20-17-12/h5-6,10,16H,2-4,7-9H2,1H3. The Morgan fingerprint density at radius 3 is 3.20 bits per heavy atom. The lowest BCUT2D eigenvalue weighted by Gasteiger charge is -2.27. The van der Waals surface area contributed by atoms with Gasteiger partial charge in [-0.25, -0.2) is 0 Å². The fraction of sp³-hybridized carbons (Fsp3) is 0.571. The molecule has 3 rings (SSSR count). The summed E-state index contributed by atoms with van der Waals surface area (Å²) in [6.07, 6.45) is 3.52. The molecule has 0 amide bonds. The Balaban J connectivity index is 1.96. The fourth-order valence-electron chi connectivity index (χ4n) is 2.86. The number of rotatable bonds is 3. The Bertz CT molecular complexity index is 586. The summed E-state index contributed by atoms with van der Waals surface area (Å²) in [5, 5.41) is 4.41. The average Bonchev–Trinajstić information content (AvgIpc) is 2.79. The van der Waals surface area contributed by atoms with Crippen molar-refractivity contribution in [3.8, 4) is 0 Å². The van der Waals surface area contributed by atoms with E-state index >= 15 is 0 Å². The van der Waals surface area contributed by atoms with Crippen LogP contribution in [0.5, 0.6) is 0 Å². The number of aromatic nitrogens is 2. The van der Waals surface area contributed by atoms with Crippen LogP contribution < -0.4 is 10.2 Å². The summed E-state index contributed by atoms with van der Waals surface area (Å²) in [7, 11) is 0. The van der Waals surface area contributed by atoms with E-state index in [1.807, 2.05) is 12.1 Å². The highest BCUT2D eigenvalue weighted by atomic mass is 35.5. The summed E-state index contributed by atoms with van der Waals surface area (Å²) in [4.78, 5) is 2.38. The van der Waals surface area contributed by atoms with Crippen LogP contribution in [0.25, 0.3) is 11.0 Å². The summed E-state index contributed by atoms with van der Waals surface area (Å²) < 4.78 is 8.76. The molecule has 1 unspecified atom stereocenters. The van der Waals surface area contributed by atoms with E-state index in [2.05, 4.69) is 25.9 Å². The SMILES string of the molecule is CCCC1CN(c2c(Cl)ccc3nsnc23)CCCN1. The predicted molar refractivity (Wildman–Crippen MR) is 86.0 cm³/mol. The van der Waals surface area contributed by atoms with Crippen LogP contribution in [0.15, 0.2) is 12.1 Å². The van der Waals surface area contributed by atoms with Crippen molar-refractivity contribution in [1.82, 2.24) is 14.1 Å². The Kier molecular flexibility index (Phi) is 4.38. The van der Waals surface area contributed by atoms with E-state index in [0.717, 1.165) is 47.8 Å². The number of nitrogens with zero attached hydrogens (tertiary/aromatic N) is 3. The van der Waals surface area contributed by atoms with Gasteiger partial charge >= 0.3 is 0 Å². The molecule has 1 aromatic carbocycles. The minimum atomic E-state index is 0.528. The van der Waals surface area contributed by atoms with Crippen LogP contribution in [-0.2, 0) is 0 Å². The maximum absolute atomic E-state index is 6.45. The van der Waals surface area contributed by atoms with Crippen molar-refractivity contribution in [2.45, 2.75) is 32.2 Å². The van der Waals surface area contributed by atoms with E-state index in [-0.39, 0.29) is 0 Å². The van der Waals surface area contributed by atoms with Gasteiger partial charge in [-0.05, 0) is 31.5 Å². The van der Waals surface area contributed by atoms with Crippen LogP contribution in [0.3, 0.4) is 0 Å². The van der Waals surface area contributed by atoms with E-state index in [0.29, 0.717) is 6.04 Å². The quantitative estimate of drug-likeness (QED) is 0.944. The Morgan fingerprint density at radius 1 is 1.45 bits per heavy atom. The first-order valence-electron chi connectivity index (χ1n) is 7.18. The molecule has 1 aliphatic heterocycles. The lowest BCUT2D eigenvalue weighted by molar-refractivity contribution is 0.503. The van der Waals surface area contributed by atoms with Crippen LogP contribution in [0.2, 0.25) is 5.02 Å². The van der Waals surface area contributed by atoms with E-state index in [1.54, 1.807) is 0 Å². The van der Waals surface area contributed by atoms with E-state index in [4.69, 9.17) is 11.6 Å². The first-order chi connectivity index (χ1) is 9.79. The van der Waals surface area contributed by atoms with E-state index in [1.165, 1.54) is 24.6 Å². The van der Waals surface area contributed by atoms with Crippen molar-refractivity contribution in [2.75, 3.05) is 24.5 Å². The second-order valence-electron chi connectivity index (χ2n) is 5.27. The number of hydrogen-bond acceptors (Lipinski definition) is 5. The number of benzene rings is 1. The monoisotopic (exact) mass is 310 g/mol. The zero-order valence-electron chi connectivity index (χ0n) is 11.6. The number of fused-ring (bicyclic) bond motifs is 1. The van der Waals surface area contributed by atoms with Gasteiger partial charge in [-0.3, -0.25) is 0 Å². The van der Waals surface area contributed by atoms with Gasteiger partial charge in [-0.1, -0.05) is 24.9 Å². The van der Waals surface area contributed by atoms with E-state index < -0.39 is 0 Å². The third-order valence-electron chi connectivity index (χ3n) is 3.78. The van der Waals surface area contributed by atoms with Crippen LogP contribution in [0, 0.1) is 0 Å². The first-order valence-corrected chi connectivity index (χ1v) is 8.29. The summed E-state index contributed by atoms with van der Waals surface area (Å²) in [5.74, 6) is 0. The zero-order chi connectivity index (χ0) is 13.9. The second kappa shape index (κ2) is 6.24. The summed E-state index contributed by atoms with van der Waals surface area (Å²) in [5.41, 5.74) is 2.95. The van der Waals surface area contributed by atoms with Gasteiger partial charge in [-0.15, -0.1) is 0 Å². The summed E-state index contributed by atoms with van der Waals surface area (Å²) >= 11 is 7.70. The minimum absolute atomic E-state index is 0.528. The molecule has 6 heteroatoms. The largest absolute Gasteiger partial charge is 0.367 e. The molecule has 2 heterocycles. The highest BCUT2D eigenvalue weighted by molar-refractivity contribution is 7.00. The van der Waals surface area contributed by atoms with Crippen molar-refractivity contribution >= 4 is 40.0 Å². The third kappa shape index (κ3) is 2.75. The molecule has 1 aromatic heterocycles. The van der Waals surface area contributed by atoms with Gasteiger partial charge in [0, 0.05) is 19.1 Å². The molecule has 2 aromatic rings. The molecular weight excluding hydrogens is 292 g/mol. The lowest BCUT2D eigenvalue weighted by atomic mass is 10.1. The van der Waals surface area contributed by atoms with Crippen molar-refractivity contribution in [3.05, 3.63) is 17.2 Å². The molecule has 0 radical (unpaired) electrons. The Labute approximate surface area is 128 Å². The Hall–Kier alpha value is -0.910. The molecular formula is C14H19ClN4S. The topological polar surface area (TPSA) is 41.1 Å². The molecule has 4 nitrogen and oxygen atoms in total. The van der Waals surface area contributed by atoms with Crippen LogP contribution in [0.1, 0.15) is 26.2 Å². The fourth-order valence-corrected chi connectivity index (χ4v) is 3.67. The van der Waals surface area contributed by atoms with Crippen LogP contribution in [0.4, 0.5) is 5.69 Å². The Morgan fingerprint density at radius 2 is 2.35 bits per heavy atom. The molecule has 0 saturated carbocycles. The average molecular weight is 311 g/mol. The molecule has 1 saturated heterocycles. The summed E-state index contributed by atoms with van der Waals surface area (Å²) in [6.45, 7) is 5.31. The lowest BCUT2D eigenvalue weighted by Crippen LogP contribution is -2.37. The molecule has 20 heavy (non-hydrogen) atoms. The van der Waals surface area contributed by atoms with Gasteiger partial charge in [0.1, 0.15) is 11.0 Å². The molecule has 0 bridgehead atoms. The van der Waals surface area contributed by atoms with Crippen LogP contribution >= 0.6 is 23.3 Å². The predicted octanol–water partition coefficient (Wildman–Crippen LogP) is 3.31. The molecule has 108 valence electrons. The number of hydrogen-bond donors (Lipinski definition) is 1. The zero-order valence-corrected chi connectivity index (χ0v) is 13.2. The van der Waals surface area contributed by atoms with E-state index in [9.17, 15) is 0 Å². The second-order valence-corrected chi connectivity index (χ2v) is 6.20. The normalized spacial score (nSPS) is 20.3. The van der Waals surface area contributed by atoms with Gasteiger partial charge in [0.15, 0.2) is 0 Å². The highest BCUT2D eigenvalue weighted by Gasteiger charge is 2.22. The molecule has 1 atom stereocenters. The van der Waals surface area contributed by atoms with Crippen molar-refractivity contribution in [2.24, 2.45) is 0 Å². The third-order valence-corrected chi connectivity index (χ3v) is 4.63. The van der Waals surface area contributed by atoms with Crippen molar-refractivity contribution in [3.63, 3.8) is 0 Å². The minimum Gasteiger partial charge on any atom is -0.367 e. The molecule has 1 fully saturated rings.